The molecule has 0 amide bonds. The molecular weight excluding hydrogens is 416 g/mol. The van der Waals surface area contributed by atoms with Crippen molar-refractivity contribution in [1.82, 2.24) is 15.3 Å². The lowest BCUT2D eigenvalue weighted by atomic mass is 9.85. The summed E-state index contributed by atoms with van der Waals surface area (Å²) in [5, 5.41) is 7.46. The number of fused-ring (bicyclic) bond motifs is 1. The number of ketones is 1. The Hall–Kier alpha value is -3.32. The van der Waals surface area contributed by atoms with Crippen LogP contribution in [-0.4, -0.2) is 43.6 Å². The molecule has 3 aromatic rings. The second-order valence-corrected chi connectivity index (χ2v) is 8.51. The van der Waals surface area contributed by atoms with Gasteiger partial charge in [-0.2, -0.15) is 0 Å². The molecule has 0 saturated heterocycles. The van der Waals surface area contributed by atoms with Crippen LogP contribution in [0.5, 0.6) is 11.5 Å². The fraction of sp³-hybridized carbons (Fsp3) is 0.385. The van der Waals surface area contributed by atoms with Gasteiger partial charge in [-0.25, -0.2) is 4.98 Å². The summed E-state index contributed by atoms with van der Waals surface area (Å²) in [6.07, 6.45) is 8.88. The molecule has 33 heavy (non-hydrogen) atoms. The van der Waals surface area contributed by atoms with Gasteiger partial charge in [0.1, 0.15) is 22.9 Å². The number of aromatic nitrogens is 2. The zero-order valence-corrected chi connectivity index (χ0v) is 19.5. The van der Waals surface area contributed by atoms with E-state index in [0.717, 1.165) is 65.3 Å². The predicted octanol–water partition coefficient (Wildman–Crippen LogP) is 5.08. The third-order valence-corrected chi connectivity index (χ3v) is 6.23. The highest BCUT2D eigenvalue weighted by Crippen LogP contribution is 2.35. The van der Waals surface area contributed by atoms with Crippen LogP contribution in [0.3, 0.4) is 0 Å². The lowest BCUT2D eigenvalue weighted by Crippen LogP contribution is -2.19. The Morgan fingerprint density at radius 2 is 1.97 bits per heavy atom. The molecule has 2 aromatic heterocycles. The molecule has 3 N–H and O–H groups in total. The third-order valence-electron chi connectivity index (χ3n) is 6.23. The number of carbonyl (C=O) groups excluding carboxylic acids is 1. The van der Waals surface area contributed by atoms with E-state index < -0.39 is 0 Å². The number of hydrogen-bond donors (Lipinski definition) is 3. The second-order valence-electron chi connectivity index (χ2n) is 8.51. The lowest BCUT2D eigenvalue weighted by Gasteiger charge is -2.21. The molecule has 1 atom stereocenters. The van der Waals surface area contributed by atoms with E-state index in [-0.39, 0.29) is 0 Å². The summed E-state index contributed by atoms with van der Waals surface area (Å²) < 4.78 is 10.8. The van der Waals surface area contributed by atoms with Crippen LogP contribution in [0.4, 0.5) is 11.4 Å². The van der Waals surface area contributed by atoms with Crippen LogP contribution < -0.4 is 20.1 Å². The predicted molar refractivity (Wildman–Crippen MR) is 132 cm³/mol. The standard InChI is InChI=1S/C26H32N4O3/c1-27-16-20(31)9-6-17-4-7-18(8-5-17)25-15-23-24(10-11-28-26(23)30-25)29-19-12-21(32-2)14-22(13-19)33-3/h7,10-15,17,27H,4-6,8-9,16H2,1-3H3,(H2,28,29,30). The van der Waals surface area contributed by atoms with Gasteiger partial charge in [0.05, 0.1) is 26.5 Å². The Bertz CT molecular complexity index is 1130. The van der Waals surface area contributed by atoms with E-state index in [9.17, 15) is 4.79 Å². The zero-order chi connectivity index (χ0) is 23.2. The first kappa shape index (κ1) is 22.9. The number of nitrogens with one attached hydrogen (secondary N) is 3. The number of anilines is 2. The second kappa shape index (κ2) is 10.5. The highest BCUT2D eigenvalue weighted by molar-refractivity contribution is 5.94. The van der Waals surface area contributed by atoms with Gasteiger partial charge in [-0.15, -0.1) is 0 Å². The first-order valence-electron chi connectivity index (χ1n) is 11.4. The van der Waals surface area contributed by atoms with Crippen LogP contribution in [0.25, 0.3) is 16.6 Å². The van der Waals surface area contributed by atoms with Gasteiger partial charge in [0.2, 0.25) is 0 Å². The van der Waals surface area contributed by atoms with Crippen molar-refractivity contribution in [3.63, 3.8) is 0 Å². The first-order valence-corrected chi connectivity index (χ1v) is 11.4. The largest absolute Gasteiger partial charge is 0.497 e. The number of H-pyrrole nitrogens is 1. The number of hydrogen-bond acceptors (Lipinski definition) is 6. The minimum absolute atomic E-state index is 0.294. The van der Waals surface area contributed by atoms with Gasteiger partial charge in [-0.1, -0.05) is 6.08 Å². The minimum atomic E-state index is 0.294. The summed E-state index contributed by atoms with van der Waals surface area (Å²) in [6, 6.07) is 9.87. The monoisotopic (exact) mass is 448 g/mol. The number of pyridine rings is 1. The SMILES string of the molecule is CNCC(=O)CCC1CC=C(c2cc3c(Nc4cc(OC)cc(OC)c4)ccnc3[nH]2)CC1. The van der Waals surface area contributed by atoms with Gasteiger partial charge in [-0.3, -0.25) is 4.79 Å². The molecule has 2 heterocycles. The molecule has 4 rings (SSSR count). The average Bonchev–Trinajstić information content (AvgIpc) is 3.28. The van der Waals surface area contributed by atoms with Crippen molar-refractivity contribution in [2.24, 2.45) is 5.92 Å². The molecule has 0 aliphatic heterocycles. The minimum Gasteiger partial charge on any atom is -0.497 e. The first-order chi connectivity index (χ1) is 16.1. The Balaban J connectivity index is 1.50. The van der Waals surface area contributed by atoms with E-state index in [2.05, 4.69) is 32.7 Å². The van der Waals surface area contributed by atoms with Gasteiger partial charge >= 0.3 is 0 Å². The van der Waals surface area contributed by atoms with Gasteiger partial charge in [0.25, 0.3) is 0 Å². The quantitative estimate of drug-likeness (QED) is 0.401. The molecule has 0 saturated carbocycles. The number of likely N-dealkylation sites (N-methyl/N-ethyl adjacent to an activating group) is 1. The zero-order valence-electron chi connectivity index (χ0n) is 19.5. The summed E-state index contributed by atoms with van der Waals surface area (Å²) >= 11 is 0. The summed E-state index contributed by atoms with van der Waals surface area (Å²) in [6.45, 7) is 0.467. The number of Topliss-reactive ketones (excluding diaryl/α,β-unsaturated/α-hetero) is 1. The van der Waals surface area contributed by atoms with Gasteiger partial charge in [0.15, 0.2) is 0 Å². The molecule has 1 aliphatic carbocycles. The van der Waals surface area contributed by atoms with Gasteiger partial charge < -0.3 is 25.1 Å². The summed E-state index contributed by atoms with van der Waals surface area (Å²) in [7, 11) is 5.10. The molecule has 7 nitrogen and oxygen atoms in total. The topological polar surface area (TPSA) is 88.3 Å². The van der Waals surface area contributed by atoms with Crippen LogP contribution >= 0.6 is 0 Å². The Morgan fingerprint density at radius 1 is 1.18 bits per heavy atom. The van der Waals surface area contributed by atoms with Crippen molar-refractivity contribution in [2.45, 2.75) is 32.1 Å². The van der Waals surface area contributed by atoms with Crippen LogP contribution in [0, 0.1) is 5.92 Å². The molecule has 1 aliphatic rings. The van der Waals surface area contributed by atoms with Crippen molar-refractivity contribution in [3.05, 3.63) is 48.3 Å². The number of carbonyl (C=O) groups is 1. The normalized spacial score (nSPS) is 15.8. The van der Waals surface area contributed by atoms with E-state index in [4.69, 9.17) is 9.47 Å². The Labute approximate surface area is 194 Å². The van der Waals surface area contributed by atoms with E-state index in [1.807, 2.05) is 31.3 Å². The number of allylic oxidation sites excluding steroid dienone is 2. The van der Waals surface area contributed by atoms with Crippen molar-refractivity contribution >= 4 is 33.8 Å². The van der Waals surface area contributed by atoms with Crippen LogP contribution in [0.1, 0.15) is 37.8 Å². The smallest absolute Gasteiger partial charge is 0.146 e. The van der Waals surface area contributed by atoms with Gasteiger partial charge in [0, 0.05) is 47.6 Å². The lowest BCUT2D eigenvalue weighted by molar-refractivity contribution is -0.118. The number of methoxy groups -OCH3 is 2. The fourth-order valence-electron chi connectivity index (χ4n) is 4.39. The summed E-state index contributed by atoms with van der Waals surface area (Å²) in [5.41, 5.74) is 5.13. The fourth-order valence-corrected chi connectivity index (χ4v) is 4.39. The van der Waals surface area contributed by atoms with Crippen molar-refractivity contribution < 1.29 is 14.3 Å². The molecule has 1 aromatic carbocycles. The molecular formula is C26H32N4O3. The summed E-state index contributed by atoms with van der Waals surface area (Å²) in [4.78, 5) is 19.8. The average molecular weight is 449 g/mol. The van der Waals surface area contributed by atoms with E-state index in [1.165, 1.54) is 5.57 Å². The Kier molecular flexibility index (Phi) is 7.29. The van der Waals surface area contributed by atoms with Gasteiger partial charge in [-0.05, 0) is 56.4 Å². The highest BCUT2D eigenvalue weighted by Gasteiger charge is 2.18. The van der Waals surface area contributed by atoms with E-state index in [1.54, 1.807) is 20.4 Å². The number of benzene rings is 1. The maximum absolute atomic E-state index is 11.8. The maximum Gasteiger partial charge on any atom is 0.146 e. The van der Waals surface area contributed by atoms with Crippen LogP contribution in [0.15, 0.2) is 42.6 Å². The third kappa shape index (κ3) is 5.54. The van der Waals surface area contributed by atoms with E-state index in [0.29, 0.717) is 24.7 Å². The Morgan fingerprint density at radius 3 is 2.64 bits per heavy atom. The molecule has 1 unspecified atom stereocenters. The molecule has 0 spiro atoms. The van der Waals surface area contributed by atoms with E-state index >= 15 is 0 Å². The van der Waals surface area contributed by atoms with Crippen molar-refractivity contribution in [2.75, 3.05) is 33.1 Å². The molecule has 7 heteroatoms. The van der Waals surface area contributed by atoms with Crippen molar-refractivity contribution in [3.8, 4) is 11.5 Å². The van der Waals surface area contributed by atoms with Crippen LogP contribution in [0.2, 0.25) is 0 Å². The number of aromatic amines is 1. The summed E-state index contributed by atoms with van der Waals surface area (Å²) in [5.74, 6) is 2.33. The number of rotatable bonds is 10. The molecule has 0 radical (unpaired) electrons. The van der Waals surface area contributed by atoms with Crippen LogP contribution in [-0.2, 0) is 4.79 Å². The molecule has 174 valence electrons. The molecule has 0 bridgehead atoms. The number of nitrogens with zero attached hydrogens (tertiary/aromatic N) is 1. The molecule has 0 fully saturated rings. The number of ether oxygens (including phenoxy) is 2. The maximum atomic E-state index is 11.8. The highest BCUT2D eigenvalue weighted by atomic mass is 16.5. The van der Waals surface area contributed by atoms with Crippen molar-refractivity contribution in [1.29, 1.82) is 0 Å².